The summed E-state index contributed by atoms with van der Waals surface area (Å²) in [6, 6.07) is 15.5. The molecule has 3 heterocycles. The van der Waals surface area contributed by atoms with Gasteiger partial charge in [0, 0.05) is 18.3 Å². The lowest BCUT2D eigenvalue weighted by atomic mass is 10.0. The van der Waals surface area contributed by atoms with Gasteiger partial charge < -0.3 is 8.83 Å². The number of nitrogens with zero attached hydrogens (tertiary/aromatic N) is 2. The highest BCUT2D eigenvalue weighted by atomic mass is 16.6. The summed E-state index contributed by atoms with van der Waals surface area (Å²) in [5.41, 5.74) is 1.09. The van der Waals surface area contributed by atoms with Crippen LogP contribution in [0.5, 0.6) is 0 Å². The minimum Gasteiger partial charge on any atom is -0.463 e. The van der Waals surface area contributed by atoms with E-state index in [9.17, 15) is 19.7 Å². The summed E-state index contributed by atoms with van der Waals surface area (Å²) < 4.78 is 11.2. The van der Waals surface area contributed by atoms with Crippen LogP contribution in [0.2, 0.25) is 0 Å². The molecule has 0 aliphatic heterocycles. The van der Waals surface area contributed by atoms with Crippen molar-refractivity contribution in [3.63, 3.8) is 0 Å². The molecule has 0 aliphatic rings. The molecular formula is C23H12N2O6. The first-order valence-electron chi connectivity index (χ1n) is 9.21. The molecule has 0 amide bonds. The number of benzene rings is 2. The van der Waals surface area contributed by atoms with Crippen molar-refractivity contribution in [2.24, 2.45) is 0 Å². The molecule has 0 N–H and O–H groups in total. The van der Waals surface area contributed by atoms with Crippen molar-refractivity contribution < 1.29 is 13.8 Å². The fourth-order valence-corrected chi connectivity index (χ4v) is 3.45. The quantitative estimate of drug-likeness (QED) is 0.185. The van der Waals surface area contributed by atoms with E-state index < -0.39 is 10.5 Å². The molecule has 0 spiro atoms. The van der Waals surface area contributed by atoms with Crippen molar-refractivity contribution in [3.8, 4) is 22.4 Å². The summed E-state index contributed by atoms with van der Waals surface area (Å²) in [7, 11) is 0. The molecule has 0 bridgehead atoms. The van der Waals surface area contributed by atoms with E-state index in [2.05, 4.69) is 4.98 Å². The Morgan fingerprint density at radius 2 is 1.71 bits per heavy atom. The van der Waals surface area contributed by atoms with Crippen molar-refractivity contribution in [1.82, 2.24) is 4.98 Å². The van der Waals surface area contributed by atoms with Crippen LogP contribution in [0.25, 0.3) is 44.3 Å². The zero-order chi connectivity index (χ0) is 21.5. The monoisotopic (exact) mass is 412 g/mol. The van der Waals surface area contributed by atoms with Gasteiger partial charge in [0.1, 0.15) is 17.4 Å². The third-order valence-corrected chi connectivity index (χ3v) is 4.98. The second kappa shape index (κ2) is 7.03. The zero-order valence-electron chi connectivity index (χ0n) is 15.8. The van der Waals surface area contributed by atoms with Gasteiger partial charge in [-0.2, -0.15) is 0 Å². The summed E-state index contributed by atoms with van der Waals surface area (Å²) in [4.78, 5) is 40.1. The second-order valence-electron chi connectivity index (χ2n) is 6.80. The molecule has 0 fully saturated rings. The predicted molar refractivity (Wildman–Crippen MR) is 114 cm³/mol. The number of nitro benzene ring substituents is 1. The van der Waals surface area contributed by atoms with E-state index in [1.165, 1.54) is 42.7 Å². The van der Waals surface area contributed by atoms with Crippen LogP contribution in [0.4, 0.5) is 5.69 Å². The SMILES string of the molecule is O=c1oc2ccc3c(=O)c(-c4ccc([N+](=O)[O-])cc4)coc3c2cc1-c1ccccn1. The van der Waals surface area contributed by atoms with Gasteiger partial charge in [0.05, 0.1) is 32.5 Å². The van der Waals surface area contributed by atoms with E-state index in [0.717, 1.165) is 0 Å². The lowest BCUT2D eigenvalue weighted by Gasteiger charge is -2.06. The van der Waals surface area contributed by atoms with Gasteiger partial charge >= 0.3 is 5.63 Å². The van der Waals surface area contributed by atoms with Crippen molar-refractivity contribution >= 4 is 27.6 Å². The van der Waals surface area contributed by atoms with E-state index in [1.807, 2.05) is 0 Å². The number of hydrogen-bond donors (Lipinski definition) is 0. The molecule has 150 valence electrons. The molecule has 5 rings (SSSR count). The van der Waals surface area contributed by atoms with Crippen molar-refractivity contribution in [2.45, 2.75) is 0 Å². The maximum Gasteiger partial charge on any atom is 0.345 e. The number of non-ortho nitro benzene ring substituents is 1. The molecule has 2 aromatic carbocycles. The first-order chi connectivity index (χ1) is 15.0. The molecule has 31 heavy (non-hydrogen) atoms. The number of hydrogen-bond acceptors (Lipinski definition) is 7. The molecular weight excluding hydrogens is 400 g/mol. The molecule has 0 atom stereocenters. The van der Waals surface area contributed by atoms with Crippen molar-refractivity contribution in [1.29, 1.82) is 0 Å². The van der Waals surface area contributed by atoms with Crippen LogP contribution in [-0.2, 0) is 0 Å². The van der Waals surface area contributed by atoms with E-state index >= 15 is 0 Å². The Bertz CT molecular complexity index is 1590. The first kappa shape index (κ1) is 18.4. The van der Waals surface area contributed by atoms with E-state index in [1.54, 1.807) is 30.5 Å². The Morgan fingerprint density at radius 3 is 2.42 bits per heavy atom. The summed E-state index contributed by atoms with van der Waals surface area (Å²) in [6.45, 7) is 0. The highest BCUT2D eigenvalue weighted by Gasteiger charge is 2.16. The fraction of sp³-hybridized carbons (Fsp3) is 0. The van der Waals surface area contributed by atoms with Crippen LogP contribution in [0.15, 0.2) is 91.5 Å². The average Bonchev–Trinajstić information content (AvgIpc) is 2.79. The third kappa shape index (κ3) is 3.06. The minimum atomic E-state index is -0.546. The summed E-state index contributed by atoms with van der Waals surface area (Å²) >= 11 is 0. The summed E-state index contributed by atoms with van der Waals surface area (Å²) in [5.74, 6) is 0. The zero-order valence-corrected chi connectivity index (χ0v) is 15.8. The normalized spacial score (nSPS) is 11.1. The minimum absolute atomic E-state index is 0.0722. The Morgan fingerprint density at radius 1 is 0.903 bits per heavy atom. The van der Waals surface area contributed by atoms with Gasteiger partial charge in [-0.25, -0.2) is 4.79 Å². The smallest absolute Gasteiger partial charge is 0.345 e. The maximum absolute atomic E-state index is 13.1. The van der Waals surface area contributed by atoms with Crippen LogP contribution in [0, 0.1) is 10.1 Å². The van der Waals surface area contributed by atoms with E-state index in [4.69, 9.17) is 8.83 Å². The van der Waals surface area contributed by atoms with Gasteiger partial charge in [0.25, 0.3) is 5.69 Å². The van der Waals surface area contributed by atoms with Gasteiger partial charge in [0.15, 0.2) is 0 Å². The average molecular weight is 412 g/mol. The van der Waals surface area contributed by atoms with E-state index in [0.29, 0.717) is 22.0 Å². The molecule has 5 aromatic rings. The number of rotatable bonds is 3. The number of nitro groups is 1. The molecule has 8 nitrogen and oxygen atoms in total. The second-order valence-corrected chi connectivity index (χ2v) is 6.80. The molecule has 0 unspecified atom stereocenters. The molecule has 0 saturated carbocycles. The topological polar surface area (TPSA) is 116 Å². The molecule has 8 heteroatoms. The maximum atomic E-state index is 13.1. The van der Waals surface area contributed by atoms with Crippen LogP contribution >= 0.6 is 0 Å². The van der Waals surface area contributed by atoms with Crippen LogP contribution < -0.4 is 11.1 Å². The van der Waals surface area contributed by atoms with Crippen molar-refractivity contribution in [3.05, 3.63) is 104 Å². The van der Waals surface area contributed by atoms with Gasteiger partial charge in [-0.1, -0.05) is 6.07 Å². The van der Waals surface area contributed by atoms with Crippen LogP contribution in [-0.4, -0.2) is 9.91 Å². The standard InChI is InChI=1S/C23H12N2O6/c26-21-15-8-9-20-17(11-16(23(27)31-20)19-3-1-2-10-24-19)22(15)30-12-18(21)13-4-6-14(7-5-13)25(28)29/h1-12H. The number of aromatic nitrogens is 1. The lowest BCUT2D eigenvalue weighted by molar-refractivity contribution is -0.384. The predicted octanol–water partition coefficient (Wildman–Crippen LogP) is 4.54. The van der Waals surface area contributed by atoms with Crippen molar-refractivity contribution in [2.75, 3.05) is 0 Å². The number of pyridine rings is 1. The summed E-state index contributed by atoms with van der Waals surface area (Å²) in [6.07, 6.45) is 2.87. The highest BCUT2D eigenvalue weighted by molar-refractivity contribution is 6.03. The Kier molecular flexibility index (Phi) is 4.18. The van der Waals surface area contributed by atoms with Crippen LogP contribution in [0.3, 0.4) is 0 Å². The lowest BCUT2D eigenvalue weighted by Crippen LogP contribution is -2.07. The molecule has 0 saturated heterocycles. The van der Waals surface area contributed by atoms with Crippen LogP contribution in [0.1, 0.15) is 0 Å². The first-order valence-corrected chi connectivity index (χ1v) is 9.21. The van der Waals surface area contributed by atoms with E-state index in [-0.39, 0.29) is 33.4 Å². The van der Waals surface area contributed by atoms with Gasteiger partial charge in [0.2, 0.25) is 5.43 Å². The molecule has 0 aliphatic carbocycles. The Labute approximate surface area is 173 Å². The fourth-order valence-electron chi connectivity index (χ4n) is 3.45. The summed E-state index contributed by atoms with van der Waals surface area (Å²) in [5, 5.41) is 11.6. The van der Waals surface area contributed by atoms with Gasteiger partial charge in [-0.05, 0) is 48.0 Å². The Balaban J connectivity index is 1.73. The van der Waals surface area contributed by atoms with Gasteiger partial charge in [-0.15, -0.1) is 0 Å². The molecule has 3 aromatic heterocycles. The number of fused-ring (bicyclic) bond motifs is 3. The highest BCUT2D eigenvalue weighted by Crippen LogP contribution is 2.28. The Hall–Kier alpha value is -4.59. The largest absolute Gasteiger partial charge is 0.463 e. The van der Waals surface area contributed by atoms with Gasteiger partial charge in [-0.3, -0.25) is 19.9 Å². The molecule has 0 radical (unpaired) electrons. The third-order valence-electron chi connectivity index (χ3n) is 4.98.